The molecule has 0 aromatic heterocycles. The standard InChI is InChI=1S/C51H101NO9/c1-3-5-7-9-11-13-14-15-16-17-18-19-20-21-22-23-24-25-26-27-28-29-30-32-34-36-38-40-46(55)52-43(42-60-51-50(59)49(58)48(57)45(41-53)61-51)47(56)44(54)39-37-35-33-31-12-10-8-6-4-2/h43-45,47-51,53-54,56-59H,3-42H2,1-2H3,(H,52,55)/t43-,44+,45+,47-,48-,49?,50?,51+/m0/s1. The van der Waals surface area contributed by atoms with Crippen molar-refractivity contribution in [2.45, 2.75) is 307 Å². The minimum Gasteiger partial charge on any atom is -0.394 e. The SMILES string of the molecule is CCCCCCCCCCCCCCCCCCCCCCCCCCCCCC(=O)N[C@@H](CO[C@@H]1O[C@H](CO)[C@H](O)C(O)C1O)[C@H](O)[C@H](O)CCCCCCCCCCC. The molecule has 0 aromatic rings. The molecule has 364 valence electrons. The molecule has 1 aliphatic rings. The van der Waals surface area contributed by atoms with Crippen LogP contribution in [0.15, 0.2) is 0 Å². The number of nitrogens with one attached hydrogen (secondary N) is 1. The van der Waals surface area contributed by atoms with Crippen LogP contribution >= 0.6 is 0 Å². The number of aliphatic hydroxyl groups is 6. The zero-order valence-corrected chi connectivity index (χ0v) is 39.8. The summed E-state index contributed by atoms with van der Waals surface area (Å²) in [5.74, 6) is -0.253. The average Bonchev–Trinajstić information content (AvgIpc) is 3.26. The third kappa shape index (κ3) is 31.6. The van der Waals surface area contributed by atoms with Gasteiger partial charge in [-0.15, -0.1) is 0 Å². The maximum atomic E-state index is 13.0. The highest BCUT2D eigenvalue weighted by Gasteiger charge is 2.44. The van der Waals surface area contributed by atoms with Crippen LogP contribution in [0.5, 0.6) is 0 Å². The van der Waals surface area contributed by atoms with Crippen molar-refractivity contribution in [3.05, 3.63) is 0 Å². The van der Waals surface area contributed by atoms with E-state index in [0.717, 1.165) is 44.9 Å². The van der Waals surface area contributed by atoms with Crippen molar-refractivity contribution in [3.63, 3.8) is 0 Å². The Morgan fingerprint density at radius 2 is 0.852 bits per heavy atom. The fourth-order valence-corrected chi connectivity index (χ4v) is 8.79. The van der Waals surface area contributed by atoms with E-state index in [9.17, 15) is 35.4 Å². The quantitative estimate of drug-likeness (QED) is 0.0295. The molecule has 1 aliphatic heterocycles. The van der Waals surface area contributed by atoms with Crippen molar-refractivity contribution in [1.82, 2.24) is 5.32 Å². The number of aliphatic hydroxyl groups excluding tert-OH is 6. The third-order valence-electron chi connectivity index (χ3n) is 13.1. The number of carbonyl (C=O) groups excluding carboxylic acids is 1. The van der Waals surface area contributed by atoms with Crippen LogP contribution in [0.4, 0.5) is 0 Å². The first kappa shape index (κ1) is 58.2. The first-order chi connectivity index (χ1) is 29.8. The summed E-state index contributed by atoms with van der Waals surface area (Å²) in [6.07, 6.45) is 37.2. The monoisotopic (exact) mass is 872 g/mol. The fourth-order valence-electron chi connectivity index (χ4n) is 8.79. The fraction of sp³-hybridized carbons (Fsp3) is 0.980. The Labute approximate surface area is 375 Å². The third-order valence-corrected chi connectivity index (χ3v) is 13.1. The highest BCUT2D eigenvalue weighted by molar-refractivity contribution is 5.76. The summed E-state index contributed by atoms with van der Waals surface area (Å²) in [4.78, 5) is 13.0. The molecule has 1 rings (SSSR count). The number of unbranched alkanes of at least 4 members (excludes halogenated alkanes) is 34. The van der Waals surface area contributed by atoms with Crippen molar-refractivity contribution < 1.29 is 44.9 Å². The smallest absolute Gasteiger partial charge is 0.220 e. The van der Waals surface area contributed by atoms with E-state index in [1.807, 2.05) is 0 Å². The van der Waals surface area contributed by atoms with Gasteiger partial charge < -0.3 is 45.4 Å². The number of rotatable bonds is 45. The predicted molar refractivity (Wildman–Crippen MR) is 250 cm³/mol. The van der Waals surface area contributed by atoms with Crippen LogP contribution in [0, 0.1) is 0 Å². The number of carbonyl (C=O) groups is 1. The second kappa shape index (κ2) is 41.8. The first-order valence-corrected chi connectivity index (χ1v) is 26.3. The molecular weight excluding hydrogens is 771 g/mol. The van der Waals surface area contributed by atoms with Crippen LogP contribution < -0.4 is 5.32 Å². The van der Waals surface area contributed by atoms with Gasteiger partial charge in [0.1, 0.15) is 30.5 Å². The zero-order chi connectivity index (χ0) is 44.6. The van der Waals surface area contributed by atoms with Crippen LogP contribution in [-0.2, 0) is 14.3 Å². The van der Waals surface area contributed by atoms with Crippen molar-refractivity contribution in [2.75, 3.05) is 13.2 Å². The minimum absolute atomic E-state index is 0.253. The summed E-state index contributed by atoms with van der Waals surface area (Å²) in [6, 6.07) is -0.984. The maximum absolute atomic E-state index is 13.0. The van der Waals surface area contributed by atoms with E-state index in [2.05, 4.69) is 19.2 Å². The summed E-state index contributed by atoms with van der Waals surface area (Å²) >= 11 is 0. The van der Waals surface area contributed by atoms with Crippen molar-refractivity contribution >= 4 is 5.91 Å². The lowest BCUT2D eigenvalue weighted by Crippen LogP contribution is -2.60. The Morgan fingerprint density at radius 3 is 1.21 bits per heavy atom. The van der Waals surface area contributed by atoms with E-state index in [0.29, 0.717) is 6.42 Å². The van der Waals surface area contributed by atoms with E-state index in [1.165, 1.54) is 186 Å². The number of ether oxygens (including phenoxy) is 2. The van der Waals surface area contributed by atoms with Gasteiger partial charge in [0.2, 0.25) is 5.91 Å². The van der Waals surface area contributed by atoms with Crippen molar-refractivity contribution in [3.8, 4) is 0 Å². The zero-order valence-electron chi connectivity index (χ0n) is 39.8. The van der Waals surface area contributed by atoms with Gasteiger partial charge in [0.05, 0.1) is 25.4 Å². The van der Waals surface area contributed by atoms with Gasteiger partial charge >= 0.3 is 0 Å². The lowest BCUT2D eigenvalue weighted by molar-refractivity contribution is -0.303. The van der Waals surface area contributed by atoms with Crippen LogP contribution in [0.25, 0.3) is 0 Å². The van der Waals surface area contributed by atoms with E-state index >= 15 is 0 Å². The first-order valence-electron chi connectivity index (χ1n) is 26.3. The van der Waals surface area contributed by atoms with Gasteiger partial charge in [-0.1, -0.05) is 239 Å². The highest BCUT2D eigenvalue weighted by Crippen LogP contribution is 2.23. The second-order valence-corrected chi connectivity index (χ2v) is 18.8. The molecule has 2 unspecified atom stereocenters. The summed E-state index contributed by atoms with van der Waals surface area (Å²) in [5, 5.41) is 65.1. The average molecular weight is 872 g/mol. The Balaban J connectivity index is 2.17. The molecule has 0 aromatic carbocycles. The van der Waals surface area contributed by atoms with E-state index in [4.69, 9.17) is 9.47 Å². The Kier molecular flexibility index (Phi) is 39.9. The molecule has 1 fully saturated rings. The predicted octanol–water partition coefficient (Wildman–Crippen LogP) is 10.9. The summed E-state index contributed by atoms with van der Waals surface area (Å²) in [7, 11) is 0. The molecule has 0 radical (unpaired) electrons. The number of amides is 1. The van der Waals surface area contributed by atoms with Crippen LogP contribution in [0.1, 0.15) is 258 Å². The maximum Gasteiger partial charge on any atom is 0.220 e. The molecule has 0 saturated carbocycles. The number of hydrogen-bond acceptors (Lipinski definition) is 9. The number of hydrogen-bond donors (Lipinski definition) is 7. The lowest BCUT2D eigenvalue weighted by Gasteiger charge is -2.40. The largest absolute Gasteiger partial charge is 0.394 e. The van der Waals surface area contributed by atoms with Gasteiger partial charge in [0.15, 0.2) is 6.29 Å². The summed E-state index contributed by atoms with van der Waals surface area (Å²) < 4.78 is 11.2. The van der Waals surface area contributed by atoms with Crippen LogP contribution in [0.3, 0.4) is 0 Å². The summed E-state index contributed by atoms with van der Waals surface area (Å²) in [5.41, 5.74) is 0. The molecule has 1 heterocycles. The van der Waals surface area contributed by atoms with Crippen LogP contribution in [0.2, 0.25) is 0 Å². The van der Waals surface area contributed by atoms with Crippen molar-refractivity contribution in [1.29, 1.82) is 0 Å². The normalized spacial score (nSPS) is 20.8. The van der Waals surface area contributed by atoms with E-state index < -0.39 is 55.6 Å². The molecular formula is C51H101NO9. The Hall–Kier alpha value is -0.850. The van der Waals surface area contributed by atoms with Gasteiger partial charge in [-0.3, -0.25) is 4.79 Å². The molecule has 7 N–H and O–H groups in total. The Morgan fingerprint density at radius 1 is 0.508 bits per heavy atom. The molecule has 10 heteroatoms. The Bertz CT molecular complexity index is 942. The van der Waals surface area contributed by atoms with Crippen molar-refractivity contribution in [2.24, 2.45) is 0 Å². The molecule has 1 saturated heterocycles. The highest BCUT2D eigenvalue weighted by atomic mass is 16.7. The summed E-state index contributed by atoms with van der Waals surface area (Å²) in [6.45, 7) is 3.61. The molecule has 8 atom stereocenters. The van der Waals surface area contributed by atoms with E-state index in [1.54, 1.807) is 0 Å². The van der Waals surface area contributed by atoms with Crippen LogP contribution in [-0.4, -0.2) is 98.7 Å². The van der Waals surface area contributed by atoms with Gasteiger partial charge in [-0.25, -0.2) is 0 Å². The molecule has 0 spiro atoms. The topological polar surface area (TPSA) is 169 Å². The second-order valence-electron chi connectivity index (χ2n) is 18.8. The molecule has 0 bridgehead atoms. The van der Waals surface area contributed by atoms with Gasteiger partial charge in [0.25, 0.3) is 0 Å². The lowest BCUT2D eigenvalue weighted by atomic mass is 9.98. The van der Waals surface area contributed by atoms with E-state index in [-0.39, 0.29) is 18.9 Å². The molecule has 61 heavy (non-hydrogen) atoms. The molecule has 1 amide bonds. The molecule has 0 aliphatic carbocycles. The minimum atomic E-state index is -1.60. The van der Waals surface area contributed by atoms with Gasteiger partial charge in [-0.05, 0) is 12.8 Å². The van der Waals surface area contributed by atoms with Gasteiger partial charge in [0, 0.05) is 6.42 Å². The molecule has 10 nitrogen and oxygen atoms in total. The van der Waals surface area contributed by atoms with Gasteiger partial charge in [-0.2, -0.15) is 0 Å².